The molecule has 0 fully saturated rings. The van der Waals surface area contributed by atoms with Gasteiger partial charge >= 0.3 is 0 Å². The standard InChI is InChI=1S/C54H39BN2Si/c1-6-20-42(21-7-1)56-50-32-18-16-30-48(50)55-49-31-17-19-33-51(49)57(43-22-8-2-9-23-43)53-39-41(38-52(56)54(53)55)40-34-36-47(37-35-40)58(44-24-10-3-11-25-44,45-26-12-4-13-27-45)46-28-14-5-15-29-46/h1-39H. The van der Waals surface area contributed by atoms with Gasteiger partial charge in [-0.05, 0) is 96.8 Å². The van der Waals surface area contributed by atoms with Gasteiger partial charge in [0.15, 0.2) is 8.07 Å². The fourth-order valence-electron chi connectivity index (χ4n) is 9.75. The molecule has 9 aromatic rings. The summed E-state index contributed by atoms with van der Waals surface area (Å²) < 4.78 is 0. The van der Waals surface area contributed by atoms with E-state index in [2.05, 4.69) is 246 Å². The Morgan fingerprint density at radius 1 is 0.293 bits per heavy atom. The maximum Gasteiger partial charge on any atom is 0.252 e. The molecule has 0 atom stereocenters. The lowest BCUT2D eigenvalue weighted by Gasteiger charge is -2.44. The summed E-state index contributed by atoms with van der Waals surface area (Å²) >= 11 is 0. The summed E-state index contributed by atoms with van der Waals surface area (Å²) in [6.45, 7) is 0.0861. The summed E-state index contributed by atoms with van der Waals surface area (Å²) in [5.41, 5.74) is 13.5. The van der Waals surface area contributed by atoms with Crippen molar-refractivity contribution in [1.29, 1.82) is 0 Å². The summed E-state index contributed by atoms with van der Waals surface area (Å²) in [6.07, 6.45) is 0. The number of para-hydroxylation sites is 4. The van der Waals surface area contributed by atoms with Crippen LogP contribution in [0.25, 0.3) is 11.1 Å². The quantitative estimate of drug-likeness (QED) is 0.119. The average molecular weight is 755 g/mol. The normalized spacial score (nSPS) is 12.7. The van der Waals surface area contributed by atoms with Crippen molar-refractivity contribution in [2.75, 3.05) is 9.80 Å². The Hall–Kier alpha value is -7.14. The van der Waals surface area contributed by atoms with E-state index >= 15 is 0 Å². The molecule has 272 valence electrons. The molecular weight excluding hydrogens is 716 g/mol. The molecule has 0 aromatic heterocycles. The van der Waals surface area contributed by atoms with Gasteiger partial charge in [-0.1, -0.05) is 188 Å². The zero-order valence-corrected chi connectivity index (χ0v) is 33.0. The van der Waals surface area contributed by atoms with Crippen LogP contribution in [0.4, 0.5) is 34.1 Å². The highest BCUT2D eigenvalue weighted by molar-refractivity contribution is 7.19. The lowest BCUT2D eigenvalue weighted by Crippen LogP contribution is -2.74. The first kappa shape index (κ1) is 34.1. The van der Waals surface area contributed by atoms with Crippen molar-refractivity contribution in [2.45, 2.75) is 0 Å². The Morgan fingerprint density at radius 2 is 0.638 bits per heavy atom. The van der Waals surface area contributed by atoms with Gasteiger partial charge in [-0.3, -0.25) is 0 Å². The van der Waals surface area contributed by atoms with E-state index in [1.165, 1.54) is 71.0 Å². The first-order valence-corrected chi connectivity index (χ1v) is 22.1. The van der Waals surface area contributed by atoms with E-state index in [4.69, 9.17) is 0 Å². The van der Waals surface area contributed by atoms with Crippen LogP contribution in [0.15, 0.2) is 237 Å². The van der Waals surface area contributed by atoms with Crippen molar-refractivity contribution in [3.63, 3.8) is 0 Å². The number of rotatable bonds is 7. The Bertz CT molecular complexity index is 2680. The van der Waals surface area contributed by atoms with Crippen molar-refractivity contribution in [3.05, 3.63) is 237 Å². The number of nitrogens with zero attached hydrogens (tertiary/aromatic N) is 2. The zero-order valence-electron chi connectivity index (χ0n) is 32.0. The van der Waals surface area contributed by atoms with Crippen LogP contribution in [0.5, 0.6) is 0 Å². The predicted octanol–water partition coefficient (Wildman–Crippen LogP) is 8.81. The molecule has 0 spiro atoms. The highest BCUT2D eigenvalue weighted by Gasteiger charge is 2.44. The minimum Gasteiger partial charge on any atom is -0.311 e. The van der Waals surface area contributed by atoms with Gasteiger partial charge in [-0.2, -0.15) is 0 Å². The third kappa shape index (κ3) is 5.33. The van der Waals surface area contributed by atoms with E-state index in [0.717, 1.165) is 11.4 Å². The third-order valence-electron chi connectivity index (χ3n) is 12.2. The molecule has 4 heteroatoms. The molecule has 0 aliphatic carbocycles. The smallest absolute Gasteiger partial charge is 0.252 e. The molecule has 2 heterocycles. The Labute approximate surface area is 342 Å². The van der Waals surface area contributed by atoms with Gasteiger partial charge in [-0.25, -0.2) is 0 Å². The van der Waals surface area contributed by atoms with E-state index in [-0.39, 0.29) is 6.71 Å². The van der Waals surface area contributed by atoms with E-state index < -0.39 is 8.07 Å². The topological polar surface area (TPSA) is 6.48 Å². The number of hydrogen-bond acceptors (Lipinski definition) is 2. The molecule has 9 aromatic carbocycles. The van der Waals surface area contributed by atoms with Gasteiger partial charge in [0, 0.05) is 34.1 Å². The molecule has 58 heavy (non-hydrogen) atoms. The third-order valence-corrected chi connectivity index (χ3v) is 17.0. The summed E-state index contributed by atoms with van der Waals surface area (Å²) in [5, 5.41) is 5.48. The van der Waals surface area contributed by atoms with E-state index in [1.807, 2.05) is 0 Å². The molecule has 11 rings (SSSR count). The van der Waals surface area contributed by atoms with Crippen molar-refractivity contribution < 1.29 is 0 Å². The molecule has 0 saturated heterocycles. The van der Waals surface area contributed by atoms with E-state index in [1.54, 1.807) is 0 Å². The highest BCUT2D eigenvalue weighted by atomic mass is 28.3. The Balaban J connectivity index is 1.16. The first-order chi connectivity index (χ1) is 28.8. The van der Waals surface area contributed by atoms with Gasteiger partial charge in [0.2, 0.25) is 0 Å². The van der Waals surface area contributed by atoms with E-state index in [9.17, 15) is 0 Å². The molecular formula is C54H39BN2Si. The van der Waals surface area contributed by atoms with E-state index in [0.29, 0.717) is 0 Å². The minimum atomic E-state index is -2.67. The van der Waals surface area contributed by atoms with Crippen LogP contribution in [-0.2, 0) is 0 Å². The second-order valence-electron chi connectivity index (χ2n) is 15.2. The molecule has 0 bridgehead atoms. The van der Waals surface area contributed by atoms with Crippen LogP contribution < -0.4 is 46.9 Å². The maximum absolute atomic E-state index is 2.67. The number of fused-ring (bicyclic) bond motifs is 4. The van der Waals surface area contributed by atoms with Gasteiger partial charge in [-0.15, -0.1) is 0 Å². The number of hydrogen-bond donors (Lipinski definition) is 0. The second-order valence-corrected chi connectivity index (χ2v) is 19.1. The van der Waals surface area contributed by atoms with Crippen LogP contribution in [-0.4, -0.2) is 14.8 Å². The Kier molecular flexibility index (Phi) is 8.30. The number of anilines is 6. The molecule has 0 saturated carbocycles. The van der Waals surface area contributed by atoms with Crippen molar-refractivity contribution in [1.82, 2.24) is 0 Å². The van der Waals surface area contributed by atoms with Crippen molar-refractivity contribution in [2.24, 2.45) is 0 Å². The largest absolute Gasteiger partial charge is 0.311 e. The minimum absolute atomic E-state index is 0.0861. The molecule has 2 nitrogen and oxygen atoms in total. The van der Waals surface area contributed by atoms with Crippen molar-refractivity contribution >= 4 is 86.0 Å². The summed E-state index contributed by atoms with van der Waals surface area (Å²) in [5.74, 6) is 0. The molecule has 2 aliphatic rings. The summed E-state index contributed by atoms with van der Waals surface area (Å²) in [7, 11) is -2.67. The molecule has 0 unspecified atom stereocenters. The van der Waals surface area contributed by atoms with Gasteiger partial charge in [0.25, 0.3) is 6.71 Å². The molecule has 0 amide bonds. The predicted molar refractivity (Wildman–Crippen MR) is 250 cm³/mol. The molecule has 0 N–H and O–H groups in total. The van der Waals surface area contributed by atoms with Crippen molar-refractivity contribution in [3.8, 4) is 11.1 Å². The summed E-state index contributed by atoms with van der Waals surface area (Å²) in [6, 6.07) is 87.7. The monoisotopic (exact) mass is 754 g/mol. The second kappa shape index (κ2) is 14.1. The van der Waals surface area contributed by atoms with Crippen LogP contribution in [0, 0.1) is 0 Å². The fourth-order valence-corrected chi connectivity index (χ4v) is 14.5. The fraction of sp³-hybridized carbons (Fsp3) is 0. The highest BCUT2D eigenvalue weighted by Crippen LogP contribution is 2.45. The zero-order chi connectivity index (χ0) is 38.5. The first-order valence-electron chi connectivity index (χ1n) is 20.1. The van der Waals surface area contributed by atoms with Crippen LogP contribution in [0.2, 0.25) is 0 Å². The molecule has 2 aliphatic heterocycles. The van der Waals surface area contributed by atoms with Gasteiger partial charge in [0.05, 0.1) is 0 Å². The average Bonchev–Trinajstić information content (AvgIpc) is 3.31. The Morgan fingerprint density at radius 3 is 1.05 bits per heavy atom. The van der Waals surface area contributed by atoms with Crippen LogP contribution in [0.3, 0.4) is 0 Å². The van der Waals surface area contributed by atoms with Crippen LogP contribution in [0.1, 0.15) is 0 Å². The van der Waals surface area contributed by atoms with Gasteiger partial charge < -0.3 is 9.80 Å². The lowest BCUT2D eigenvalue weighted by molar-refractivity contribution is 1.25. The summed E-state index contributed by atoms with van der Waals surface area (Å²) in [4.78, 5) is 4.97. The number of benzene rings is 9. The lowest BCUT2D eigenvalue weighted by atomic mass is 9.33. The SMILES string of the molecule is c1ccc(N2c3ccccc3B3c4ccccc4N(c4ccccc4)c4cc(-c5ccc([Si](c6ccccc6)(c6ccccc6)c6ccccc6)cc5)cc2c43)cc1. The molecule has 0 radical (unpaired) electrons. The van der Waals surface area contributed by atoms with Crippen LogP contribution >= 0.6 is 0 Å². The van der Waals surface area contributed by atoms with Gasteiger partial charge in [0.1, 0.15) is 0 Å². The maximum atomic E-state index is 2.48.